The first kappa shape index (κ1) is 22.5. The van der Waals surface area contributed by atoms with Gasteiger partial charge in [0.15, 0.2) is 6.61 Å². The minimum atomic E-state index is -0.343. The summed E-state index contributed by atoms with van der Waals surface area (Å²) in [4.78, 5) is 24.9. The summed E-state index contributed by atoms with van der Waals surface area (Å²) in [7, 11) is 0. The number of nitrogens with zero attached hydrogens (tertiary/aromatic N) is 1. The summed E-state index contributed by atoms with van der Waals surface area (Å²) in [5.74, 6) is 0.483. The van der Waals surface area contributed by atoms with Crippen molar-refractivity contribution in [1.82, 2.24) is 9.88 Å². The highest BCUT2D eigenvalue weighted by atomic mass is 19.1. The SMILES string of the molecule is CC(C)CNC(=O)COc1ccc2c(C(C)C)cc(=O)n(Cc3cccc(F)c3)c2c1. The van der Waals surface area contributed by atoms with Gasteiger partial charge < -0.3 is 14.6 Å². The molecule has 1 amide bonds. The van der Waals surface area contributed by atoms with Gasteiger partial charge in [0.25, 0.3) is 11.5 Å². The lowest BCUT2D eigenvalue weighted by Crippen LogP contribution is -2.31. The smallest absolute Gasteiger partial charge is 0.257 e. The Kier molecular flexibility index (Phi) is 7.10. The van der Waals surface area contributed by atoms with Crippen molar-refractivity contribution >= 4 is 16.8 Å². The molecule has 1 aromatic heterocycles. The number of rotatable bonds is 8. The lowest BCUT2D eigenvalue weighted by atomic mass is 9.98. The first-order valence-electron chi connectivity index (χ1n) is 10.6. The van der Waals surface area contributed by atoms with Crippen molar-refractivity contribution in [3.05, 3.63) is 75.8 Å². The van der Waals surface area contributed by atoms with Crippen molar-refractivity contribution in [2.75, 3.05) is 13.2 Å². The van der Waals surface area contributed by atoms with Crippen LogP contribution in [-0.4, -0.2) is 23.6 Å². The molecule has 0 bridgehead atoms. The van der Waals surface area contributed by atoms with Gasteiger partial charge in [-0.15, -0.1) is 0 Å². The monoisotopic (exact) mass is 424 g/mol. The van der Waals surface area contributed by atoms with Gasteiger partial charge in [-0.3, -0.25) is 9.59 Å². The number of benzene rings is 2. The number of nitrogens with one attached hydrogen (secondary N) is 1. The Morgan fingerprint density at radius 3 is 2.55 bits per heavy atom. The topological polar surface area (TPSA) is 60.3 Å². The van der Waals surface area contributed by atoms with Crippen LogP contribution in [0.25, 0.3) is 10.9 Å². The van der Waals surface area contributed by atoms with Gasteiger partial charge in [0.1, 0.15) is 11.6 Å². The van der Waals surface area contributed by atoms with Crippen LogP contribution in [0.2, 0.25) is 0 Å². The quantitative estimate of drug-likeness (QED) is 0.581. The van der Waals surface area contributed by atoms with Gasteiger partial charge in [0, 0.05) is 24.1 Å². The lowest BCUT2D eigenvalue weighted by Gasteiger charge is -2.17. The van der Waals surface area contributed by atoms with Crippen LogP contribution in [-0.2, 0) is 11.3 Å². The van der Waals surface area contributed by atoms with E-state index in [1.807, 2.05) is 33.8 Å². The van der Waals surface area contributed by atoms with Crippen LogP contribution in [0.4, 0.5) is 4.39 Å². The van der Waals surface area contributed by atoms with E-state index >= 15 is 0 Å². The standard InChI is InChI=1S/C25H29FN2O3/c1-16(2)13-27-24(29)15-31-20-8-9-21-22(17(3)4)12-25(30)28(23(21)11-20)14-18-6-5-7-19(26)10-18/h5-12,16-17H,13-15H2,1-4H3,(H,27,29). The molecule has 1 heterocycles. The highest BCUT2D eigenvalue weighted by Gasteiger charge is 2.14. The molecule has 0 aliphatic heterocycles. The van der Waals surface area contributed by atoms with Crippen LogP contribution in [0.3, 0.4) is 0 Å². The molecule has 0 radical (unpaired) electrons. The van der Waals surface area contributed by atoms with E-state index in [2.05, 4.69) is 5.32 Å². The Bertz CT molecular complexity index is 1140. The third-order valence-electron chi connectivity index (χ3n) is 5.05. The molecule has 0 saturated carbocycles. The molecule has 5 nitrogen and oxygen atoms in total. The Labute approximate surface area is 181 Å². The molecule has 164 valence electrons. The molecular weight excluding hydrogens is 395 g/mol. The maximum Gasteiger partial charge on any atom is 0.257 e. The molecule has 0 spiro atoms. The number of fused-ring (bicyclic) bond motifs is 1. The van der Waals surface area contributed by atoms with Crippen molar-refractivity contribution in [3.63, 3.8) is 0 Å². The van der Waals surface area contributed by atoms with Crippen LogP contribution >= 0.6 is 0 Å². The maximum absolute atomic E-state index is 13.7. The molecule has 1 N–H and O–H groups in total. The Morgan fingerprint density at radius 1 is 1.10 bits per heavy atom. The molecule has 0 saturated heterocycles. The number of amides is 1. The van der Waals surface area contributed by atoms with E-state index in [1.54, 1.807) is 34.9 Å². The van der Waals surface area contributed by atoms with Crippen molar-refractivity contribution in [2.24, 2.45) is 5.92 Å². The van der Waals surface area contributed by atoms with E-state index in [0.29, 0.717) is 29.3 Å². The number of carbonyl (C=O) groups is 1. The Hall–Kier alpha value is -3.15. The molecule has 3 rings (SSSR count). The van der Waals surface area contributed by atoms with Crippen molar-refractivity contribution < 1.29 is 13.9 Å². The van der Waals surface area contributed by atoms with Crippen molar-refractivity contribution in [1.29, 1.82) is 0 Å². The van der Waals surface area contributed by atoms with E-state index in [-0.39, 0.29) is 36.4 Å². The van der Waals surface area contributed by atoms with Crippen molar-refractivity contribution in [2.45, 2.75) is 40.2 Å². The Balaban J connectivity index is 1.97. The van der Waals surface area contributed by atoms with Gasteiger partial charge >= 0.3 is 0 Å². The summed E-state index contributed by atoms with van der Waals surface area (Å²) in [5.41, 5.74) is 2.17. The second kappa shape index (κ2) is 9.77. The van der Waals surface area contributed by atoms with Gasteiger partial charge in [-0.25, -0.2) is 4.39 Å². The predicted octanol–water partition coefficient (Wildman–Crippen LogP) is 4.46. The Morgan fingerprint density at radius 2 is 1.87 bits per heavy atom. The third kappa shape index (κ3) is 5.72. The van der Waals surface area contributed by atoms with Gasteiger partial charge in [0.2, 0.25) is 0 Å². The zero-order valence-electron chi connectivity index (χ0n) is 18.4. The molecule has 0 fully saturated rings. The first-order chi connectivity index (χ1) is 14.7. The van der Waals surface area contributed by atoms with Crippen LogP contribution < -0.4 is 15.6 Å². The predicted molar refractivity (Wildman–Crippen MR) is 121 cm³/mol. The average Bonchev–Trinajstić information content (AvgIpc) is 2.72. The number of carbonyl (C=O) groups excluding carboxylic acids is 1. The highest BCUT2D eigenvalue weighted by molar-refractivity contribution is 5.85. The van der Waals surface area contributed by atoms with E-state index in [9.17, 15) is 14.0 Å². The summed E-state index contributed by atoms with van der Waals surface area (Å²) < 4.78 is 21.0. The number of pyridine rings is 1. The van der Waals surface area contributed by atoms with E-state index < -0.39 is 0 Å². The summed E-state index contributed by atoms with van der Waals surface area (Å²) in [6, 6.07) is 13.4. The van der Waals surface area contributed by atoms with E-state index in [4.69, 9.17) is 4.74 Å². The molecule has 0 unspecified atom stereocenters. The third-order valence-corrected chi connectivity index (χ3v) is 5.05. The number of halogens is 1. The van der Waals surface area contributed by atoms with Gasteiger partial charge in [-0.1, -0.05) is 39.8 Å². The second-order valence-electron chi connectivity index (χ2n) is 8.47. The molecule has 0 aliphatic rings. The first-order valence-corrected chi connectivity index (χ1v) is 10.6. The average molecular weight is 425 g/mol. The fourth-order valence-electron chi connectivity index (χ4n) is 3.45. The summed E-state index contributed by atoms with van der Waals surface area (Å²) >= 11 is 0. The number of hydrogen-bond acceptors (Lipinski definition) is 3. The van der Waals surface area contributed by atoms with E-state index in [1.165, 1.54) is 12.1 Å². The molecule has 3 aromatic rings. The normalized spacial score (nSPS) is 11.3. The second-order valence-corrected chi connectivity index (χ2v) is 8.47. The zero-order valence-corrected chi connectivity index (χ0v) is 18.4. The number of hydrogen-bond donors (Lipinski definition) is 1. The largest absolute Gasteiger partial charge is 0.484 e. The van der Waals surface area contributed by atoms with Gasteiger partial charge in [0.05, 0.1) is 12.1 Å². The van der Waals surface area contributed by atoms with E-state index in [0.717, 1.165) is 10.9 Å². The van der Waals surface area contributed by atoms with Crippen molar-refractivity contribution in [3.8, 4) is 5.75 Å². The molecule has 2 aromatic carbocycles. The molecule has 6 heteroatoms. The zero-order chi connectivity index (χ0) is 22.5. The highest BCUT2D eigenvalue weighted by Crippen LogP contribution is 2.27. The van der Waals surface area contributed by atoms with Crippen LogP contribution in [0.1, 0.15) is 44.7 Å². The summed E-state index contributed by atoms with van der Waals surface area (Å²) in [6.07, 6.45) is 0. The minimum absolute atomic E-state index is 0.101. The minimum Gasteiger partial charge on any atom is -0.484 e. The molecule has 31 heavy (non-hydrogen) atoms. The lowest BCUT2D eigenvalue weighted by molar-refractivity contribution is -0.123. The molecule has 0 atom stereocenters. The van der Waals surface area contributed by atoms with Crippen LogP contribution in [0, 0.1) is 11.7 Å². The van der Waals surface area contributed by atoms with Crippen LogP contribution in [0.15, 0.2) is 53.3 Å². The number of ether oxygens (including phenoxy) is 1. The number of aromatic nitrogens is 1. The fourth-order valence-corrected chi connectivity index (χ4v) is 3.45. The molecular formula is C25H29FN2O3. The van der Waals surface area contributed by atoms with Gasteiger partial charge in [-0.2, -0.15) is 0 Å². The van der Waals surface area contributed by atoms with Gasteiger partial charge in [-0.05, 0) is 47.2 Å². The summed E-state index contributed by atoms with van der Waals surface area (Å²) in [5, 5.41) is 3.75. The molecule has 0 aliphatic carbocycles. The fraction of sp³-hybridized carbons (Fsp3) is 0.360. The summed E-state index contributed by atoms with van der Waals surface area (Å²) in [6.45, 7) is 8.84. The van der Waals surface area contributed by atoms with Crippen LogP contribution in [0.5, 0.6) is 5.75 Å². The maximum atomic E-state index is 13.7.